The number of para-hydroxylation sites is 1. The van der Waals surface area contributed by atoms with Crippen molar-refractivity contribution < 1.29 is 9.59 Å². The quantitative estimate of drug-likeness (QED) is 0.392. The molecular weight excluding hydrogens is 374 g/mol. The summed E-state index contributed by atoms with van der Waals surface area (Å²) in [5.41, 5.74) is 9.41. The van der Waals surface area contributed by atoms with Gasteiger partial charge in [-0.25, -0.2) is 0 Å². The molecule has 150 valence electrons. The standard InChI is InChI=1S/C25H23N3O2/c26-25(30)19-12-10-17(11-13-19)14-15-27-23(18-6-2-1-3-7-18)24(29)21-16-28-22-9-5-4-8-20(21)22/h1-13,16,23,27-28H,14-15H2,(H2,26,30)/t23-/m1/s1. The number of fused-ring (bicyclic) bond motifs is 1. The number of nitrogens with two attached hydrogens (primary N) is 1. The van der Waals surface area contributed by atoms with E-state index in [4.69, 9.17) is 5.73 Å². The molecule has 5 heteroatoms. The zero-order valence-electron chi connectivity index (χ0n) is 16.5. The third-order valence-corrected chi connectivity index (χ3v) is 5.25. The van der Waals surface area contributed by atoms with Crippen molar-refractivity contribution in [1.82, 2.24) is 10.3 Å². The molecule has 5 nitrogen and oxygen atoms in total. The van der Waals surface area contributed by atoms with E-state index < -0.39 is 11.9 Å². The molecule has 0 saturated heterocycles. The lowest BCUT2D eigenvalue weighted by atomic mass is 9.96. The Labute approximate surface area is 174 Å². The maximum atomic E-state index is 13.4. The van der Waals surface area contributed by atoms with Crippen molar-refractivity contribution in [2.75, 3.05) is 6.54 Å². The summed E-state index contributed by atoms with van der Waals surface area (Å²) < 4.78 is 0. The summed E-state index contributed by atoms with van der Waals surface area (Å²) in [6.45, 7) is 0.615. The average molecular weight is 397 g/mol. The smallest absolute Gasteiger partial charge is 0.248 e. The van der Waals surface area contributed by atoms with Gasteiger partial charge in [-0.3, -0.25) is 9.59 Å². The Morgan fingerprint density at radius 1 is 0.900 bits per heavy atom. The lowest BCUT2D eigenvalue weighted by Crippen LogP contribution is -2.30. The van der Waals surface area contributed by atoms with E-state index in [1.54, 1.807) is 18.3 Å². The third kappa shape index (κ3) is 4.16. The second kappa shape index (κ2) is 8.76. The summed E-state index contributed by atoms with van der Waals surface area (Å²) >= 11 is 0. The van der Waals surface area contributed by atoms with Gasteiger partial charge in [-0.1, -0.05) is 60.7 Å². The number of aromatic amines is 1. The Morgan fingerprint density at radius 2 is 1.60 bits per heavy atom. The molecular formula is C25H23N3O2. The second-order valence-electron chi connectivity index (χ2n) is 7.22. The van der Waals surface area contributed by atoms with Gasteiger partial charge in [-0.05, 0) is 35.7 Å². The van der Waals surface area contributed by atoms with Gasteiger partial charge in [-0.15, -0.1) is 0 Å². The maximum Gasteiger partial charge on any atom is 0.248 e. The van der Waals surface area contributed by atoms with Crippen LogP contribution in [0, 0.1) is 0 Å². The van der Waals surface area contributed by atoms with Gasteiger partial charge in [0.1, 0.15) is 0 Å². The van der Waals surface area contributed by atoms with E-state index in [-0.39, 0.29) is 5.78 Å². The Kier molecular flexibility index (Phi) is 5.72. The number of amides is 1. The van der Waals surface area contributed by atoms with E-state index in [1.807, 2.05) is 66.7 Å². The Hall–Kier alpha value is -3.70. The minimum absolute atomic E-state index is 0.0303. The number of rotatable bonds is 8. The fourth-order valence-electron chi connectivity index (χ4n) is 3.63. The number of carbonyl (C=O) groups excluding carboxylic acids is 2. The molecule has 4 rings (SSSR count). The van der Waals surface area contributed by atoms with Crippen LogP contribution in [-0.4, -0.2) is 23.2 Å². The monoisotopic (exact) mass is 397 g/mol. The SMILES string of the molecule is NC(=O)c1ccc(CCN[C@@H](C(=O)c2c[nH]c3ccccc23)c2ccccc2)cc1. The lowest BCUT2D eigenvalue weighted by Gasteiger charge is -2.18. The molecule has 3 aromatic carbocycles. The fourth-order valence-corrected chi connectivity index (χ4v) is 3.63. The maximum absolute atomic E-state index is 13.4. The number of aromatic nitrogens is 1. The predicted molar refractivity (Wildman–Crippen MR) is 118 cm³/mol. The molecule has 0 unspecified atom stereocenters. The molecule has 4 N–H and O–H groups in total. The van der Waals surface area contributed by atoms with E-state index in [9.17, 15) is 9.59 Å². The molecule has 0 saturated carbocycles. The molecule has 0 aliphatic rings. The summed E-state index contributed by atoms with van der Waals surface area (Å²) in [7, 11) is 0. The number of nitrogens with one attached hydrogen (secondary N) is 2. The first-order valence-corrected chi connectivity index (χ1v) is 9.91. The number of Topliss-reactive ketones (excluding diaryl/α,β-unsaturated/α-hetero) is 1. The topological polar surface area (TPSA) is 88.0 Å². The van der Waals surface area contributed by atoms with Crippen LogP contribution in [0.5, 0.6) is 0 Å². The van der Waals surface area contributed by atoms with Gasteiger partial charge in [0.05, 0.1) is 6.04 Å². The lowest BCUT2D eigenvalue weighted by molar-refractivity contribution is 0.0943. The van der Waals surface area contributed by atoms with E-state index >= 15 is 0 Å². The van der Waals surface area contributed by atoms with Crippen molar-refractivity contribution in [1.29, 1.82) is 0 Å². The van der Waals surface area contributed by atoms with Crippen LogP contribution in [0.4, 0.5) is 0 Å². The Balaban J connectivity index is 1.53. The minimum atomic E-state index is -0.449. The van der Waals surface area contributed by atoms with Crippen LogP contribution in [0.3, 0.4) is 0 Å². The highest BCUT2D eigenvalue weighted by Crippen LogP contribution is 2.24. The molecule has 0 bridgehead atoms. The number of primary amides is 1. The largest absolute Gasteiger partial charge is 0.366 e. The summed E-state index contributed by atoms with van der Waals surface area (Å²) in [6, 6.07) is 24.3. The summed E-state index contributed by atoms with van der Waals surface area (Å²) in [5.74, 6) is -0.407. The normalized spacial score (nSPS) is 12.0. The first kappa shape index (κ1) is 19.6. The fraction of sp³-hybridized carbons (Fsp3) is 0.120. The Morgan fingerprint density at radius 3 is 2.33 bits per heavy atom. The number of H-pyrrole nitrogens is 1. The van der Waals surface area contributed by atoms with Gasteiger partial charge >= 0.3 is 0 Å². The molecule has 1 heterocycles. The van der Waals surface area contributed by atoms with Crippen molar-refractivity contribution >= 4 is 22.6 Å². The van der Waals surface area contributed by atoms with Crippen LogP contribution in [0.1, 0.15) is 37.9 Å². The number of benzene rings is 3. The number of hydrogen-bond acceptors (Lipinski definition) is 3. The van der Waals surface area contributed by atoms with Crippen LogP contribution in [0.15, 0.2) is 85.1 Å². The number of ketones is 1. The molecule has 0 aliphatic heterocycles. The molecule has 1 atom stereocenters. The minimum Gasteiger partial charge on any atom is -0.366 e. The van der Waals surface area contributed by atoms with Crippen molar-refractivity contribution in [3.05, 3.63) is 107 Å². The highest BCUT2D eigenvalue weighted by molar-refractivity contribution is 6.10. The number of carbonyl (C=O) groups is 2. The van der Waals surface area contributed by atoms with E-state index in [0.29, 0.717) is 17.7 Å². The average Bonchev–Trinajstić information content (AvgIpc) is 3.21. The molecule has 1 aromatic heterocycles. The van der Waals surface area contributed by atoms with E-state index in [2.05, 4.69) is 10.3 Å². The van der Waals surface area contributed by atoms with Crippen LogP contribution in [0.2, 0.25) is 0 Å². The first-order chi connectivity index (χ1) is 14.6. The highest BCUT2D eigenvalue weighted by Gasteiger charge is 2.23. The molecule has 0 spiro atoms. The van der Waals surface area contributed by atoms with Gasteiger partial charge in [0.15, 0.2) is 5.78 Å². The zero-order valence-corrected chi connectivity index (χ0v) is 16.5. The van der Waals surface area contributed by atoms with Gasteiger partial charge in [0.25, 0.3) is 0 Å². The Bertz CT molecular complexity index is 1160. The van der Waals surface area contributed by atoms with E-state index in [1.165, 1.54) is 0 Å². The molecule has 30 heavy (non-hydrogen) atoms. The molecule has 0 radical (unpaired) electrons. The first-order valence-electron chi connectivity index (χ1n) is 9.91. The van der Waals surface area contributed by atoms with Gasteiger partial charge in [0, 0.05) is 34.8 Å². The summed E-state index contributed by atoms with van der Waals surface area (Å²) in [4.78, 5) is 27.9. The number of hydrogen-bond donors (Lipinski definition) is 3. The highest BCUT2D eigenvalue weighted by atomic mass is 16.1. The van der Waals surface area contributed by atoms with Crippen LogP contribution < -0.4 is 11.1 Å². The van der Waals surface area contributed by atoms with E-state index in [0.717, 1.165) is 28.5 Å². The second-order valence-corrected chi connectivity index (χ2v) is 7.22. The molecule has 0 aliphatic carbocycles. The molecule has 0 fully saturated rings. The third-order valence-electron chi connectivity index (χ3n) is 5.25. The molecule has 1 amide bonds. The molecule has 4 aromatic rings. The van der Waals surface area contributed by atoms with Crippen LogP contribution >= 0.6 is 0 Å². The van der Waals surface area contributed by atoms with Crippen LogP contribution in [0.25, 0.3) is 10.9 Å². The van der Waals surface area contributed by atoms with Crippen molar-refractivity contribution in [3.63, 3.8) is 0 Å². The predicted octanol–water partition coefficient (Wildman–Crippen LogP) is 4.02. The zero-order chi connectivity index (χ0) is 20.9. The van der Waals surface area contributed by atoms with Crippen LogP contribution in [-0.2, 0) is 6.42 Å². The summed E-state index contributed by atoms with van der Waals surface area (Å²) in [6.07, 6.45) is 2.51. The van der Waals surface area contributed by atoms with Crippen molar-refractivity contribution in [2.45, 2.75) is 12.5 Å². The van der Waals surface area contributed by atoms with Crippen molar-refractivity contribution in [2.24, 2.45) is 5.73 Å². The van der Waals surface area contributed by atoms with Gasteiger partial charge in [0.2, 0.25) is 5.91 Å². The summed E-state index contributed by atoms with van der Waals surface area (Å²) in [5, 5.41) is 4.34. The van der Waals surface area contributed by atoms with Gasteiger partial charge < -0.3 is 16.0 Å². The van der Waals surface area contributed by atoms with Crippen molar-refractivity contribution in [3.8, 4) is 0 Å². The van der Waals surface area contributed by atoms with Gasteiger partial charge in [-0.2, -0.15) is 0 Å².